The summed E-state index contributed by atoms with van der Waals surface area (Å²) in [5, 5.41) is 0. The largest absolute Gasteiger partial charge is 0.264 e. The van der Waals surface area contributed by atoms with E-state index in [0.717, 1.165) is 11.3 Å². The van der Waals surface area contributed by atoms with E-state index in [4.69, 9.17) is 31.4 Å². The van der Waals surface area contributed by atoms with Crippen molar-refractivity contribution in [3.05, 3.63) is 23.4 Å². The molecule has 0 unspecified atom stereocenters. The lowest BCUT2D eigenvalue weighted by Crippen LogP contribution is -2.49. The van der Waals surface area contributed by atoms with Gasteiger partial charge in [0.05, 0.1) is 11.4 Å². The fourth-order valence-corrected chi connectivity index (χ4v) is 1.61. The standard InChI is InChI=1S/C12H8B4N2/c1-5-3-4-7(17-6(5)2)11-9(14)8(13)10(15)12(16)18-11/h3-4H,1-2H3. The predicted molar refractivity (Wildman–Crippen MR) is 78.5 cm³/mol. The monoisotopic (exact) mass is 224 g/mol. The lowest BCUT2D eigenvalue weighted by atomic mass is 9.68. The highest BCUT2D eigenvalue weighted by Crippen LogP contribution is 2.13. The summed E-state index contributed by atoms with van der Waals surface area (Å²) in [4.78, 5) is 8.58. The topological polar surface area (TPSA) is 25.8 Å². The molecular formula is C12H8B4N2. The first-order valence-electron chi connectivity index (χ1n) is 5.46. The Labute approximate surface area is 112 Å². The van der Waals surface area contributed by atoms with Gasteiger partial charge in [0, 0.05) is 5.69 Å². The fourth-order valence-electron chi connectivity index (χ4n) is 1.61. The van der Waals surface area contributed by atoms with Crippen molar-refractivity contribution in [1.82, 2.24) is 9.97 Å². The van der Waals surface area contributed by atoms with Crippen LogP contribution in [0.15, 0.2) is 12.1 Å². The highest BCUT2D eigenvalue weighted by molar-refractivity contribution is 6.62. The second-order valence-electron chi connectivity index (χ2n) is 4.19. The Kier molecular flexibility index (Phi) is 3.38. The summed E-state index contributed by atoms with van der Waals surface area (Å²) in [6.45, 7) is 3.90. The Balaban J connectivity index is 2.67. The third-order valence-corrected chi connectivity index (χ3v) is 2.94. The molecule has 78 valence electrons. The number of hydrogen-bond acceptors (Lipinski definition) is 2. The minimum atomic E-state index is 0.164. The van der Waals surface area contributed by atoms with Crippen molar-refractivity contribution >= 4 is 53.4 Å². The second kappa shape index (κ2) is 4.68. The van der Waals surface area contributed by atoms with Crippen molar-refractivity contribution in [2.75, 3.05) is 0 Å². The summed E-state index contributed by atoms with van der Waals surface area (Å²) in [5.41, 5.74) is 4.01. The lowest BCUT2D eigenvalue weighted by molar-refractivity contribution is 1.15. The first-order valence-corrected chi connectivity index (χ1v) is 5.46. The molecular weight excluding hydrogens is 215 g/mol. The van der Waals surface area contributed by atoms with E-state index in [9.17, 15) is 0 Å². The van der Waals surface area contributed by atoms with Crippen LogP contribution in [0.1, 0.15) is 11.3 Å². The third-order valence-electron chi connectivity index (χ3n) is 2.94. The van der Waals surface area contributed by atoms with E-state index in [-0.39, 0.29) is 16.5 Å². The van der Waals surface area contributed by atoms with Gasteiger partial charge < -0.3 is 0 Å². The maximum Gasteiger partial charge on any atom is 0.140 e. The number of aromatic nitrogens is 2. The first kappa shape index (κ1) is 13.0. The van der Waals surface area contributed by atoms with Crippen molar-refractivity contribution in [3.8, 4) is 11.4 Å². The summed E-state index contributed by atoms with van der Waals surface area (Å²) in [5.74, 6) is 0. The summed E-state index contributed by atoms with van der Waals surface area (Å²) < 4.78 is 0. The average molecular weight is 223 g/mol. The molecule has 0 aliphatic carbocycles. The number of rotatable bonds is 1. The quantitative estimate of drug-likeness (QED) is 0.520. The van der Waals surface area contributed by atoms with Crippen molar-refractivity contribution in [2.45, 2.75) is 13.8 Å². The maximum atomic E-state index is 5.91. The van der Waals surface area contributed by atoms with Crippen LogP contribution in [0, 0.1) is 13.8 Å². The summed E-state index contributed by atoms with van der Waals surface area (Å²) in [6, 6.07) is 3.78. The average Bonchev–Trinajstić information content (AvgIpc) is 2.35. The van der Waals surface area contributed by atoms with Crippen molar-refractivity contribution < 1.29 is 0 Å². The smallest absolute Gasteiger partial charge is 0.140 e. The first-order chi connectivity index (χ1) is 8.41. The molecule has 6 heteroatoms. The normalized spacial score (nSPS) is 10.6. The van der Waals surface area contributed by atoms with Crippen molar-refractivity contribution in [3.63, 3.8) is 0 Å². The summed E-state index contributed by atoms with van der Waals surface area (Å²) in [6.07, 6.45) is 0. The number of hydrogen-bond donors (Lipinski definition) is 0. The molecule has 0 spiro atoms. The minimum absolute atomic E-state index is 0.164. The van der Waals surface area contributed by atoms with Crippen LogP contribution in [-0.4, -0.2) is 41.4 Å². The highest BCUT2D eigenvalue weighted by Gasteiger charge is 2.10. The van der Waals surface area contributed by atoms with Crippen LogP contribution in [-0.2, 0) is 0 Å². The number of aryl methyl sites for hydroxylation is 2. The third kappa shape index (κ3) is 2.12. The molecule has 0 saturated heterocycles. The van der Waals surface area contributed by atoms with E-state index in [1.165, 1.54) is 0 Å². The zero-order valence-electron chi connectivity index (χ0n) is 10.4. The fraction of sp³-hybridized carbons (Fsp3) is 0.167. The van der Waals surface area contributed by atoms with Gasteiger partial charge in [-0.3, -0.25) is 9.97 Å². The van der Waals surface area contributed by atoms with E-state index < -0.39 is 0 Å². The molecule has 0 N–H and O–H groups in total. The number of pyridine rings is 2. The SMILES string of the molecule is [B]c1nc(-c2ccc(C)c(C)n2)c([B])c([B])c1[B]. The Bertz CT molecular complexity index is 626. The van der Waals surface area contributed by atoms with Crippen LogP contribution >= 0.6 is 0 Å². The van der Waals surface area contributed by atoms with Crippen LogP contribution < -0.4 is 22.0 Å². The van der Waals surface area contributed by atoms with Gasteiger partial charge in [0.25, 0.3) is 0 Å². The Morgan fingerprint density at radius 1 is 0.833 bits per heavy atom. The Hall–Kier alpha value is -1.44. The number of nitrogens with zero attached hydrogens (tertiary/aromatic N) is 2. The van der Waals surface area contributed by atoms with Crippen LogP contribution in [0.3, 0.4) is 0 Å². The van der Waals surface area contributed by atoms with Gasteiger partial charge in [0.15, 0.2) is 0 Å². The second-order valence-corrected chi connectivity index (χ2v) is 4.19. The van der Waals surface area contributed by atoms with Crippen molar-refractivity contribution in [2.24, 2.45) is 0 Å². The van der Waals surface area contributed by atoms with E-state index >= 15 is 0 Å². The van der Waals surface area contributed by atoms with Gasteiger partial charge >= 0.3 is 0 Å². The molecule has 0 aromatic carbocycles. The Morgan fingerprint density at radius 3 is 2.11 bits per heavy atom. The van der Waals surface area contributed by atoms with Gasteiger partial charge in [-0.25, -0.2) is 0 Å². The van der Waals surface area contributed by atoms with Crippen LogP contribution in [0.4, 0.5) is 0 Å². The zero-order chi connectivity index (χ0) is 13.4. The van der Waals surface area contributed by atoms with Gasteiger partial charge in [-0.1, -0.05) is 17.0 Å². The molecule has 2 nitrogen and oxygen atoms in total. The molecule has 0 fully saturated rings. The van der Waals surface area contributed by atoms with Gasteiger partial charge in [-0.2, -0.15) is 0 Å². The molecule has 2 aromatic heterocycles. The van der Waals surface area contributed by atoms with E-state index in [1.54, 1.807) is 0 Å². The van der Waals surface area contributed by atoms with Gasteiger partial charge in [-0.15, -0.1) is 5.46 Å². The predicted octanol–water partition coefficient (Wildman–Crippen LogP) is -2.06. The van der Waals surface area contributed by atoms with Crippen LogP contribution in [0.5, 0.6) is 0 Å². The van der Waals surface area contributed by atoms with Crippen LogP contribution in [0.2, 0.25) is 0 Å². The Morgan fingerprint density at radius 2 is 1.50 bits per heavy atom. The molecule has 0 amide bonds. The van der Waals surface area contributed by atoms with Gasteiger partial charge in [0.2, 0.25) is 0 Å². The van der Waals surface area contributed by atoms with Crippen LogP contribution in [0.25, 0.3) is 11.4 Å². The molecule has 8 radical (unpaired) electrons. The zero-order valence-corrected chi connectivity index (χ0v) is 10.4. The maximum absolute atomic E-state index is 5.91. The molecule has 0 bridgehead atoms. The highest BCUT2D eigenvalue weighted by atomic mass is 14.8. The molecule has 2 rings (SSSR count). The van der Waals surface area contributed by atoms with Gasteiger partial charge in [0.1, 0.15) is 31.4 Å². The molecule has 0 saturated carbocycles. The summed E-state index contributed by atoms with van der Waals surface area (Å²) in [7, 11) is 23.1. The molecule has 0 atom stereocenters. The molecule has 0 aliphatic rings. The minimum Gasteiger partial charge on any atom is -0.264 e. The van der Waals surface area contributed by atoms with Crippen molar-refractivity contribution in [1.29, 1.82) is 0 Å². The lowest BCUT2D eigenvalue weighted by Gasteiger charge is -2.15. The van der Waals surface area contributed by atoms with E-state index in [0.29, 0.717) is 16.9 Å². The molecule has 2 heterocycles. The molecule has 0 aliphatic heterocycles. The van der Waals surface area contributed by atoms with Gasteiger partial charge in [-0.05, 0) is 31.1 Å². The molecule has 18 heavy (non-hydrogen) atoms. The molecule has 2 aromatic rings. The summed E-state index contributed by atoms with van der Waals surface area (Å²) >= 11 is 0. The van der Waals surface area contributed by atoms with E-state index in [1.807, 2.05) is 26.0 Å². The van der Waals surface area contributed by atoms with E-state index in [2.05, 4.69) is 9.97 Å².